The van der Waals surface area contributed by atoms with E-state index >= 15 is 0 Å². The second-order valence-corrected chi connectivity index (χ2v) is 9.84. The van der Waals surface area contributed by atoms with Gasteiger partial charge in [0, 0.05) is 36.2 Å². The van der Waals surface area contributed by atoms with E-state index < -0.39 is 0 Å². The van der Waals surface area contributed by atoms with Gasteiger partial charge in [0.15, 0.2) is 5.82 Å². The van der Waals surface area contributed by atoms with E-state index in [1.807, 2.05) is 60.1 Å². The molecule has 4 aromatic rings. The molecule has 2 atom stereocenters. The molecule has 2 aromatic heterocycles. The number of tetrazole rings is 1. The van der Waals surface area contributed by atoms with Crippen LogP contribution in [0.4, 0.5) is 0 Å². The molecule has 1 aliphatic rings. The van der Waals surface area contributed by atoms with Crippen molar-refractivity contribution in [1.82, 2.24) is 30.1 Å². The Bertz CT molecular complexity index is 1430. The zero-order valence-corrected chi connectivity index (χ0v) is 22.8. The molecule has 0 amide bonds. The molecule has 0 bridgehead atoms. The third-order valence-corrected chi connectivity index (χ3v) is 7.21. The van der Waals surface area contributed by atoms with Gasteiger partial charge >= 0.3 is 0 Å². The maximum atomic E-state index is 13.2. The SMILES string of the molecule is CCOc1ccc2[nH]c(=O)c(CN(Cc3ccc(OC)cc3)[C@H](CC)c3nnnn3C[C@@H]3CCCO3)cc2c1. The van der Waals surface area contributed by atoms with Crippen LogP contribution in [0.1, 0.15) is 56.1 Å². The minimum atomic E-state index is -0.117. The molecule has 10 nitrogen and oxygen atoms in total. The van der Waals surface area contributed by atoms with Gasteiger partial charge in [0.2, 0.25) is 0 Å². The van der Waals surface area contributed by atoms with Gasteiger partial charge in [0.25, 0.3) is 5.56 Å². The lowest BCUT2D eigenvalue weighted by Gasteiger charge is -2.30. The molecular formula is C29H36N6O4. The first-order valence-corrected chi connectivity index (χ1v) is 13.6. The van der Waals surface area contributed by atoms with Gasteiger partial charge in [-0.05, 0) is 78.6 Å². The second-order valence-electron chi connectivity index (χ2n) is 9.84. The van der Waals surface area contributed by atoms with E-state index in [4.69, 9.17) is 14.2 Å². The molecule has 0 unspecified atom stereocenters. The van der Waals surface area contributed by atoms with Crippen LogP contribution in [0.25, 0.3) is 10.9 Å². The number of nitrogens with zero attached hydrogens (tertiary/aromatic N) is 5. The minimum absolute atomic E-state index is 0.111. The summed E-state index contributed by atoms with van der Waals surface area (Å²) >= 11 is 0. The van der Waals surface area contributed by atoms with Crippen molar-refractivity contribution < 1.29 is 14.2 Å². The molecule has 39 heavy (non-hydrogen) atoms. The van der Waals surface area contributed by atoms with Gasteiger partial charge in [-0.25, -0.2) is 4.68 Å². The average molecular weight is 533 g/mol. The van der Waals surface area contributed by atoms with Crippen LogP contribution in [-0.4, -0.2) is 56.5 Å². The summed E-state index contributed by atoms with van der Waals surface area (Å²) in [6, 6.07) is 15.6. The summed E-state index contributed by atoms with van der Waals surface area (Å²) in [7, 11) is 1.66. The number of rotatable bonds is 12. The standard InChI is InChI=1S/C29H36N6O4/c1-4-27(28-31-32-33-35(28)19-25-7-6-14-39-25)34(17-20-8-10-23(37-3)11-9-20)18-22-15-21-16-24(38-5-2)12-13-26(21)30-29(22)36/h8-13,15-16,25,27H,4-7,14,17-19H2,1-3H3,(H,30,36)/t25-,27+/m0/s1. The molecule has 1 aliphatic heterocycles. The van der Waals surface area contributed by atoms with Crippen molar-refractivity contribution in [3.63, 3.8) is 0 Å². The lowest BCUT2D eigenvalue weighted by molar-refractivity contribution is 0.0888. The summed E-state index contributed by atoms with van der Waals surface area (Å²) in [6.45, 7) is 7.07. The summed E-state index contributed by atoms with van der Waals surface area (Å²) in [5.41, 5.74) is 2.44. The van der Waals surface area contributed by atoms with Crippen LogP contribution in [0.2, 0.25) is 0 Å². The number of aromatic amines is 1. The van der Waals surface area contributed by atoms with Crippen LogP contribution < -0.4 is 15.0 Å². The van der Waals surface area contributed by atoms with E-state index in [0.717, 1.165) is 59.7 Å². The van der Waals surface area contributed by atoms with E-state index in [2.05, 4.69) is 32.3 Å². The Hall–Kier alpha value is -3.76. The number of ether oxygens (including phenoxy) is 3. The van der Waals surface area contributed by atoms with Crippen molar-refractivity contribution >= 4 is 10.9 Å². The maximum absolute atomic E-state index is 13.2. The summed E-state index contributed by atoms with van der Waals surface area (Å²) in [6.07, 6.45) is 2.94. The largest absolute Gasteiger partial charge is 0.497 e. The molecule has 206 valence electrons. The van der Waals surface area contributed by atoms with Crippen LogP contribution in [0.15, 0.2) is 53.3 Å². The van der Waals surface area contributed by atoms with Crippen LogP contribution in [0, 0.1) is 0 Å². The molecule has 1 saturated heterocycles. The van der Waals surface area contributed by atoms with Crippen molar-refractivity contribution in [3.8, 4) is 11.5 Å². The summed E-state index contributed by atoms with van der Waals surface area (Å²) < 4.78 is 18.8. The molecule has 0 spiro atoms. The highest BCUT2D eigenvalue weighted by atomic mass is 16.5. The number of fused-ring (bicyclic) bond motifs is 1. The third-order valence-electron chi connectivity index (χ3n) is 7.21. The maximum Gasteiger partial charge on any atom is 0.252 e. The van der Waals surface area contributed by atoms with E-state index in [9.17, 15) is 4.79 Å². The van der Waals surface area contributed by atoms with Crippen molar-refractivity contribution in [3.05, 3.63) is 75.8 Å². The first-order chi connectivity index (χ1) is 19.1. The van der Waals surface area contributed by atoms with Gasteiger partial charge in [-0.2, -0.15) is 0 Å². The first kappa shape index (κ1) is 26.8. The predicted molar refractivity (Wildman–Crippen MR) is 148 cm³/mol. The summed E-state index contributed by atoms with van der Waals surface area (Å²) in [5.74, 6) is 2.35. The van der Waals surface area contributed by atoms with Gasteiger partial charge in [0.05, 0.1) is 32.4 Å². The fourth-order valence-electron chi connectivity index (χ4n) is 5.23. The van der Waals surface area contributed by atoms with E-state index in [-0.39, 0.29) is 17.7 Å². The number of nitrogens with one attached hydrogen (secondary N) is 1. The number of benzene rings is 2. The number of hydrogen-bond donors (Lipinski definition) is 1. The molecule has 0 radical (unpaired) electrons. The van der Waals surface area contributed by atoms with Crippen molar-refractivity contribution in [2.45, 2.75) is 64.9 Å². The molecule has 3 heterocycles. The van der Waals surface area contributed by atoms with Gasteiger partial charge in [-0.1, -0.05) is 19.1 Å². The van der Waals surface area contributed by atoms with Gasteiger partial charge in [-0.15, -0.1) is 5.10 Å². The van der Waals surface area contributed by atoms with E-state index in [1.165, 1.54) is 0 Å². The normalized spacial score (nSPS) is 16.2. The lowest BCUT2D eigenvalue weighted by atomic mass is 10.1. The topological polar surface area (TPSA) is 107 Å². The fraction of sp³-hybridized carbons (Fsp3) is 0.448. The van der Waals surface area contributed by atoms with Gasteiger partial charge in [0.1, 0.15) is 11.5 Å². The lowest BCUT2D eigenvalue weighted by Crippen LogP contribution is -2.33. The molecule has 1 fully saturated rings. The number of aromatic nitrogens is 5. The highest BCUT2D eigenvalue weighted by Crippen LogP contribution is 2.28. The number of pyridine rings is 1. The molecule has 0 aliphatic carbocycles. The Morgan fingerprint density at radius 1 is 1.13 bits per heavy atom. The van der Waals surface area contributed by atoms with Crippen molar-refractivity contribution in [1.29, 1.82) is 0 Å². The van der Waals surface area contributed by atoms with E-state index in [0.29, 0.717) is 31.8 Å². The van der Waals surface area contributed by atoms with Crippen LogP contribution in [0.5, 0.6) is 11.5 Å². The first-order valence-electron chi connectivity index (χ1n) is 13.6. The summed E-state index contributed by atoms with van der Waals surface area (Å²) in [4.78, 5) is 18.5. The predicted octanol–water partition coefficient (Wildman–Crippen LogP) is 4.25. The Balaban J connectivity index is 1.49. The Morgan fingerprint density at radius 2 is 1.95 bits per heavy atom. The van der Waals surface area contributed by atoms with Gasteiger partial charge in [-0.3, -0.25) is 9.69 Å². The minimum Gasteiger partial charge on any atom is -0.497 e. The third kappa shape index (κ3) is 6.29. The highest BCUT2D eigenvalue weighted by molar-refractivity contribution is 5.80. The zero-order chi connectivity index (χ0) is 27.2. The molecule has 2 aromatic carbocycles. The summed E-state index contributed by atoms with van der Waals surface area (Å²) in [5, 5.41) is 13.7. The quantitative estimate of drug-likeness (QED) is 0.289. The van der Waals surface area contributed by atoms with Crippen molar-refractivity contribution in [2.75, 3.05) is 20.3 Å². The second kappa shape index (κ2) is 12.4. The molecule has 10 heteroatoms. The molecule has 1 N–H and O–H groups in total. The van der Waals surface area contributed by atoms with Crippen LogP contribution in [0.3, 0.4) is 0 Å². The van der Waals surface area contributed by atoms with E-state index in [1.54, 1.807) is 7.11 Å². The number of methoxy groups -OCH3 is 1. The van der Waals surface area contributed by atoms with Gasteiger partial charge < -0.3 is 19.2 Å². The molecular weight excluding hydrogens is 496 g/mol. The molecule has 0 saturated carbocycles. The average Bonchev–Trinajstić information content (AvgIpc) is 3.63. The Labute approximate surface area is 227 Å². The van der Waals surface area contributed by atoms with Crippen LogP contribution >= 0.6 is 0 Å². The molecule has 5 rings (SSSR count). The van der Waals surface area contributed by atoms with Crippen LogP contribution in [-0.2, 0) is 24.4 Å². The Kier molecular flexibility index (Phi) is 8.53. The number of hydrogen-bond acceptors (Lipinski definition) is 8. The fourth-order valence-corrected chi connectivity index (χ4v) is 5.23. The monoisotopic (exact) mass is 532 g/mol. The Morgan fingerprint density at radius 3 is 2.67 bits per heavy atom. The number of H-pyrrole nitrogens is 1. The zero-order valence-electron chi connectivity index (χ0n) is 22.8. The smallest absolute Gasteiger partial charge is 0.252 e. The highest BCUT2D eigenvalue weighted by Gasteiger charge is 2.28. The van der Waals surface area contributed by atoms with Crippen molar-refractivity contribution in [2.24, 2.45) is 0 Å².